The Bertz CT molecular complexity index is 911. The van der Waals surface area contributed by atoms with E-state index in [2.05, 4.69) is 20.4 Å². The van der Waals surface area contributed by atoms with Crippen molar-refractivity contribution in [3.8, 4) is 0 Å². The maximum Gasteiger partial charge on any atom is 0.332 e. The molecule has 0 saturated carbocycles. The molecule has 9 nitrogen and oxygen atoms in total. The lowest BCUT2D eigenvalue weighted by atomic mass is 10.5. The molecule has 0 aromatic carbocycles. The van der Waals surface area contributed by atoms with Crippen molar-refractivity contribution in [1.29, 1.82) is 0 Å². The maximum absolute atomic E-state index is 12.0. The van der Waals surface area contributed by atoms with E-state index in [1.165, 1.54) is 11.6 Å². The zero-order valence-corrected chi connectivity index (χ0v) is 11.2. The normalized spacial score (nSPS) is 11.2. The van der Waals surface area contributed by atoms with Gasteiger partial charge < -0.3 is 10.3 Å². The first-order valence-corrected chi connectivity index (χ1v) is 5.90. The molecule has 0 saturated heterocycles. The Labute approximate surface area is 112 Å². The lowest BCUT2D eigenvalue weighted by molar-refractivity contribution is 0.709. The van der Waals surface area contributed by atoms with Gasteiger partial charge in [0.05, 0.1) is 0 Å². The number of aromatic amines is 1. The van der Waals surface area contributed by atoms with Gasteiger partial charge in [-0.3, -0.25) is 18.6 Å². The minimum Gasteiger partial charge on any atom is -0.318 e. The standard InChI is InChI=1S/C11H13N7O2/c1-16-5-4-6(15-16)12-10-13-7-8(14-10)17(2)11(20)18(3)9(7)19/h4-5H,1-3H3,(H2,12,13,14,15). The lowest BCUT2D eigenvalue weighted by Crippen LogP contribution is -2.36. The number of rotatable bonds is 2. The Kier molecular flexibility index (Phi) is 2.49. The predicted molar refractivity (Wildman–Crippen MR) is 73.1 cm³/mol. The van der Waals surface area contributed by atoms with Gasteiger partial charge in [0.25, 0.3) is 5.56 Å². The van der Waals surface area contributed by atoms with E-state index in [1.54, 1.807) is 31.0 Å². The zero-order chi connectivity index (χ0) is 14.4. The number of nitrogens with zero attached hydrogens (tertiary/aromatic N) is 5. The highest BCUT2D eigenvalue weighted by Crippen LogP contribution is 2.13. The van der Waals surface area contributed by atoms with Crippen LogP contribution in [0.4, 0.5) is 11.8 Å². The summed E-state index contributed by atoms with van der Waals surface area (Å²) in [6, 6.07) is 1.77. The van der Waals surface area contributed by atoms with E-state index in [9.17, 15) is 9.59 Å². The number of hydrogen-bond donors (Lipinski definition) is 2. The Morgan fingerprint density at radius 2 is 1.95 bits per heavy atom. The second kappa shape index (κ2) is 4.08. The first kappa shape index (κ1) is 12.2. The summed E-state index contributed by atoms with van der Waals surface area (Å²) in [5.74, 6) is 0.949. The van der Waals surface area contributed by atoms with Crippen LogP contribution in [0, 0.1) is 0 Å². The number of nitrogens with one attached hydrogen (secondary N) is 2. The first-order chi connectivity index (χ1) is 9.47. The van der Waals surface area contributed by atoms with Crippen LogP contribution < -0.4 is 16.6 Å². The van der Waals surface area contributed by atoms with Gasteiger partial charge in [0.2, 0.25) is 5.95 Å². The highest BCUT2D eigenvalue weighted by molar-refractivity contribution is 5.73. The van der Waals surface area contributed by atoms with Crippen LogP contribution in [0.15, 0.2) is 21.9 Å². The smallest absolute Gasteiger partial charge is 0.318 e. The average Bonchev–Trinajstić information content (AvgIpc) is 3.01. The molecule has 3 aromatic rings. The van der Waals surface area contributed by atoms with Crippen LogP contribution in [0.25, 0.3) is 11.2 Å². The van der Waals surface area contributed by atoms with E-state index in [1.807, 2.05) is 0 Å². The van der Waals surface area contributed by atoms with Gasteiger partial charge in [0, 0.05) is 33.4 Å². The number of H-pyrrole nitrogens is 1. The van der Waals surface area contributed by atoms with Gasteiger partial charge in [-0.25, -0.2) is 4.79 Å². The van der Waals surface area contributed by atoms with Crippen LogP contribution in [-0.4, -0.2) is 28.9 Å². The molecule has 3 aromatic heterocycles. The monoisotopic (exact) mass is 275 g/mol. The molecule has 0 spiro atoms. The number of imidazole rings is 1. The highest BCUT2D eigenvalue weighted by atomic mass is 16.2. The second-order valence-electron chi connectivity index (χ2n) is 4.49. The molecule has 0 bridgehead atoms. The first-order valence-electron chi connectivity index (χ1n) is 5.90. The quantitative estimate of drug-likeness (QED) is 0.652. The van der Waals surface area contributed by atoms with Crippen LogP contribution in [0.5, 0.6) is 0 Å². The van der Waals surface area contributed by atoms with Gasteiger partial charge in [0.15, 0.2) is 17.0 Å². The minimum atomic E-state index is -0.418. The fourth-order valence-electron chi connectivity index (χ4n) is 1.99. The molecular formula is C11H13N7O2. The van der Waals surface area contributed by atoms with E-state index in [0.717, 1.165) is 4.57 Å². The van der Waals surface area contributed by atoms with Crippen molar-refractivity contribution in [3.63, 3.8) is 0 Å². The molecule has 0 aliphatic heterocycles. The topological polar surface area (TPSA) is 103 Å². The molecule has 0 aliphatic carbocycles. The molecule has 9 heteroatoms. The van der Waals surface area contributed by atoms with Crippen LogP contribution >= 0.6 is 0 Å². The zero-order valence-electron chi connectivity index (χ0n) is 11.2. The Morgan fingerprint density at radius 3 is 2.60 bits per heavy atom. The molecule has 20 heavy (non-hydrogen) atoms. The van der Waals surface area contributed by atoms with Gasteiger partial charge in [0.1, 0.15) is 0 Å². The van der Waals surface area contributed by atoms with E-state index in [0.29, 0.717) is 17.4 Å². The van der Waals surface area contributed by atoms with E-state index >= 15 is 0 Å². The van der Waals surface area contributed by atoms with Crippen LogP contribution in [0.1, 0.15) is 0 Å². The third-order valence-corrected chi connectivity index (χ3v) is 3.05. The number of fused-ring (bicyclic) bond motifs is 1. The molecular weight excluding hydrogens is 262 g/mol. The van der Waals surface area contributed by atoms with Crippen LogP contribution in [-0.2, 0) is 21.1 Å². The van der Waals surface area contributed by atoms with Crippen molar-refractivity contribution in [2.45, 2.75) is 0 Å². The van der Waals surface area contributed by atoms with Gasteiger partial charge >= 0.3 is 5.69 Å². The SMILES string of the molecule is Cn1ccc(Nc2nc3c([nH]2)c(=O)n(C)c(=O)n3C)n1. The van der Waals surface area contributed by atoms with Crippen LogP contribution in [0.2, 0.25) is 0 Å². The van der Waals surface area contributed by atoms with E-state index < -0.39 is 11.2 Å². The van der Waals surface area contributed by atoms with Crippen LogP contribution in [0.3, 0.4) is 0 Å². The number of hydrogen-bond acceptors (Lipinski definition) is 5. The van der Waals surface area contributed by atoms with Gasteiger partial charge in [-0.05, 0) is 0 Å². The summed E-state index contributed by atoms with van der Waals surface area (Å²) in [5.41, 5.74) is -0.257. The molecule has 2 N–H and O–H groups in total. The number of anilines is 2. The predicted octanol–water partition coefficient (Wildman–Crippen LogP) is -0.563. The maximum atomic E-state index is 12.0. The Morgan fingerprint density at radius 1 is 1.20 bits per heavy atom. The Hall–Kier alpha value is -2.84. The summed E-state index contributed by atoms with van der Waals surface area (Å²) in [6.07, 6.45) is 1.78. The van der Waals surface area contributed by atoms with Crippen molar-refractivity contribution in [3.05, 3.63) is 33.1 Å². The fraction of sp³-hybridized carbons (Fsp3) is 0.273. The lowest BCUT2D eigenvalue weighted by Gasteiger charge is -2.00. The molecule has 0 amide bonds. The molecule has 0 atom stereocenters. The van der Waals surface area contributed by atoms with E-state index in [-0.39, 0.29) is 5.52 Å². The van der Waals surface area contributed by atoms with Gasteiger partial charge in [-0.2, -0.15) is 10.1 Å². The van der Waals surface area contributed by atoms with E-state index in [4.69, 9.17) is 0 Å². The second-order valence-corrected chi connectivity index (χ2v) is 4.49. The van der Waals surface area contributed by atoms with Crippen molar-refractivity contribution < 1.29 is 0 Å². The molecule has 0 radical (unpaired) electrons. The highest BCUT2D eigenvalue weighted by Gasteiger charge is 2.13. The molecule has 0 unspecified atom stereocenters. The summed E-state index contributed by atoms with van der Waals surface area (Å²) in [7, 11) is 4.79. The number of aryl methyl sites for hydroxylation is 2. The van der Waals surface area contributed by atoms with Crippen molar-refractivity contribution >= 4 is 22.9 Å². The molecule has 3 heterocycles. The minimum absolute atomic E-state index is 0.271. The largest absolute Gasteiger partial charge is 0.332 e. The van der Waals surface area contributed by atoms with Crippen molar-refractivity contribution in [2.24, 2.45) is 21.1 Å². The average molecular weight is 275 g/mol. The summed E-state index contributed by atoms with van der Waals surface area (Å²) < 4.78 is 3.99. The van der Waals surface area contributed by atoms with Gasteiger partial charge in [-0.15, -0.1) is 0 Å². The third-order valence-electron chi connectivity index (χ3n) is 3.05. The Balaban J connectivity index is 2.16. The van der Waals surface area contributed by atoms with Crippen molar-refractivity contribution in [1.82, 2.24) is 28.9 Å². The third kappa shape index (κ3) is 1.71. The summed E-state index contributed by atoms with van der Waals surface area (Å²) in [6.45, 7) is 0. The number of aromatic nitrogens is 6. The van der Waals surface area contributed by atoms with Gasteiger partial charge in [-0.1, -0.05) is 0 Å². The summed E-state index contributed by atoms with van der Waals surface area (Å²) in [4.78, 5) is 30.9. The molecule has 0 fully saturated rings. The fourth-order valence-corrected chi connectivity index (χ4v) is 1.99. The summed E-state index contributed by atoms with van der Waals surface area (Å²) in [5, 5.41) is 7.10. The van der Waals surface area contributed by atoms with Crippen molar-refractivity contribution in [2.75, 3.05) is 5.32 Å². The molecule has 104 valence electrons. The molecule has 3 rings (SSSR count). The molecule has 0 aliphatic rings. The summed E-state index contributed by atoms with van der Waals surface area (Å²) >= 11 is 0.